The number of piperidine rings is 1. The molecular formula is C13H23N3O2. The van der Waals surface area contributed by atoms with Crippen molar-refractivity contribution in [3.05, 3.63) is 17.5 Å². The number of nitrogens with two attached hydrogens (primary N) is 1. The Balaban J connectivity index is 1.76. The molecule has 2 N–H and O–H groups in total. The summed E-state index contributed by atoms with van der Waals surface area (Å²) in [7, 11) is 1.66. The molecule has 1 aromatic rings. The quantitative estimate of drug-likeness (QED) is 0.829. The van der Waals surface area contributed by atoms with Crippen LogP contribution in [-0.2, 0) is 17.9 Å². The predicted molar refractivity (Wildman–Crippen MR) is 68.9 cm³/mol. The normalized spacial score (nSPS) is 18.3. The molecule has 1 saturated heterocycles. The van der Waals surface area contributed by atoms with Crippen LogP contribution in [0.25, 0.3) is 0 Å². The average molecular weight is 253 g/mol. The van der Waals surface area contributed by atoms with Crippen molar-refractivity contribution in [1.29, 1.82) is 0 Å². The van der Waals surface area contributed by atoms with Crippen LogP contribution < -0.4 is 5.73 Å². The first-order chi connectivity index (χ1) is 8.81. The van der Waals surface area contributed by atoms with Crippen LogP contribution in [0.3, 0.4) is 0 Å². The first-order valence-corrected chi connectivity index (χ1v) is 6.67. The lowest BCUT2D eigenvalue weighted by molar-refractivity contribution is 0.154. The molecule has 102 valence electrons. The van der Waals surface area contributed by atoms with Crippen LogP contribution in [-0.4, -0.2) is 36.8 Å². The first-order valence-electron chi connectivity index (χ1n) is 6.67. The highest BCUT2D eigenvalue weighted by molar-refractivity contribution is 5.04. The van der Waals surface area contributed by atoms with Gasteiger partial charge in [-0.1, -0.05) is 5.16 Å². The summed E-state index contributed by atoms with van der Waals surface area (Å²) in [6.45, 7) is 4.46. The molecule has 0 aromatic carbocycles. The lowest BCUT2D eigenvalue weighted by atomic mass is 9.93. The summed E-state index contributed by atoms with van der Waals surface area (Å²) in [4.78, 5) is 2.43. The van der Waals surface area contributed by atoms with Gasteiger partial charge >= 0.3 is 0 Å². The fourth-order valence-corrected chi connectivity index (χ4v) is 2.54. The number of nitrogens with zero attached hydrogens (tertiary/aromatic N) is 2. The minimum atomic E-state index is 0.492. The Morgan fingerprint density at radius 1 is 1.50 bits per heavy atom. The van der Waals surface area contributed by atoms with Gasteiger partial charge in [0.2, 0.25) is 0 Å². The maximum Gasteiger partial charge on any atom is 0.162 e. The molecule has 2 heterocycles. The van der Waals surface area contributed by atoms with Gasteiger partial charge in [-0.15, -0.1) is 0 Å². The second-order valence-electron chi connectivity index (χ2n) is 5.01. The molecule has 0 unspecified atom stereocenters. The van der Waals surface area contributed by atoms with Crippen molar-refractivity contribution >= 4 is 0 Å². The van der Waals surface area contributed by atoms with E-state index in [1.807, 2.05) is 6.07 Å². The third-order valence-electron chi connectivity index (χ3n) is 3.56. The molecule has 2 rings (SSSR count). The zero-order valence-corrected chi connectivity index (χ0v) is 11.1. The van der Waals surface area contributed by atoms with Gasteiger partial charge in [-0.05, 0) is 44.8 Å². The second-order valence-corrected chi connectivity index (χ2v) is 5.01. The molecule has 1 fully saturated rings. The molecule has 0 radical (unpaired) electrons. The molecule has 1 aliphatic rings. The molecular weight excluding hydrogens is 230 g/mol. The van der Waals surface area contributed by atoms with Crippen LogP contribution in [0.1, 0.15) is 30.7 Å². The van der Waals surface area contributed by atoms with Crippen LogP contribution >= 0.6 is 0 Å². The molecule has 5 heteroatoms. The molecule has 1 aliphatic heterocycles. The lowest BCUT2D eigenvalue weighted by Gasteiger charge is -2.31. The summed E-state index contributed by atoms with van der Waals surface area (Å²) in [5.74, 6) is 1.61. The SMILES string of the molecule is COCc1cc(CN2CCC(CCN)CC2)no1. The van der Waals surface area contributed by atoms with Gasteiger partial charge in [-0.2, -0.15) is 0 Å². The van der Waals surface area contributed by atoms with Gasteiger partial charge in [-0.25, -0.2) is 0 Å². The van der Waals surface area contributed by atoms with Crippen molar-refractivity contribution in [3.63, 3.8) is 0 Å². The van der Waals surface area contributed by atoms with Crippen LogP contribution in [0.5, 0.6) is 0 Å². The molecule has 0 saturated carbocycles. The molecule has 0 amide bonds. The number of ether oxygens (including phenoxy) is 1. The Bertz CT molecular complexity index is 346. The maximum absolute atomic E-state index is 5.60. The van der Waals surface area contributed by atoms with E-state index >= 15 is 0 Å². The van der Waals surface area contributed by atoms with Gasteiger partial charge < -0.3 is 15.0 Å². The predicted octanol–water partition coefficient (Wildman–Crippen LogP) is 1.38. The van der Waals surface area contributed by atoms with Gasteiger partial charge in [0.05, 0.1) is 5.69 Å². The Labute approximate surface area is 108 Å². The molecule has 1 aromatic heterocycles. The summed E-state index contributed by atoms with van der Waals surface area (Å²) >= 11 is 0. The van der Waals surface area contributed by atoms with E-state index in [9.17, 15) is 0 Å². The minimum absolute atomic E-state index is 0.492. The third kappa shape index (κ3) is 3.80. The zero-order chi connectivity index (χ0) is 12.8. The summed E-state index contributed by atoms with van der Waals surface area (Å²) in [5, 5.41) is 4.07. The van der Waals surface area contributed by atoms with Crippen molar-refractivity contribution in [2.75, 3.05) is 26.7 Å². The largest absolute Gasteiger partial charge is 0.377 e. The van der Waals surface area contributed by atoms with E-state index in [0.717, 1.165) is 50.0 Å². The number of hydrogen-bond donors (Lipinski definition) is 1. The number of hydrogen-bond acceptors (Lipinski definition) is 5. The van der Waals surface area contributed by atoms with Gasteiger partial charge in [0.15, 0.2) is 5.76 Å². The van der Waals surface area contributed by atoms with Crippen molar-refractivity contribution in [2.45, 2.75) is 32.4 Å². The standard InChI is InChI=1S/C13H23N3O2/c1-17-10-13-8-12(15-18-13)9-16-6-3-11(2-5-14)4-7-16/h8,11H,2-7,9-10,14H2,1H3. The molecule has 0 bridgehead atoms. The van der Waals surface area contributed by atoms with Gasteiger partial charge in [0.25, 0.3) is 0 Å². The lowest BCUT2D eigenvalue weighted by Crippen LogP contribution is -2.33. The van der Waals surface area contributed by atoms with Crippen LogP contribution in [0.4, 0.5) is 0 Å². The Morgan fingerprint density at radius 2 is 2.28 bits per heavy atom. The Hall–Kier alpha value is -0.910. The smallest absolute Gasteiger partial charge is 0.162 e. The Kier molecular flexibility index (Phi) is 5.16. The summed E-state index contributed by atoms with van der Waals surface area (Å²) in [6.07, 6.45) is 3.66. The van der Waals surface area contributed by atoms with Crippen molar-refractivity contribution in [2.24, 2.45) is 11.7 Å². The van der Waals surface area contributed by atoms with Crippen molar-refractivity contribution in [1.82, 2.24) is 10.1 Å². The van der Waals surface area contributed by atoms with E-state index < -0.39 is 0 Å². The van der Waals surface area contributed by atoms with Crippen LogP contribution in [0, 0.1) is 5.92 Å². The van der Waals surface area contributed by atoms with Crippen LogP contribution in [0.15, 0.2) is 10.6 Å². The maximum atomic E-state index is 5.60. The fourth-order valence-electron chi connectivity index (χ4n) is 2.54. The van der Waals surface area contributed by atoms with E-state index in [1.54, 1.807) is 7.11 Å². The highest BCUT2D eigenvalue weighted by Crippen LogP contribution is 2.21. The van der Waals surface area contributed by atoms with Gasteiger partial charge in [0, 0.05) is 19.7 Å². The first kappa shape index (κ1) is 13.5. The van der Waals surface area contributed by atoms with E-state index in [0.29, 0.717) is 6.61 Å². The molecule has 0 atom stereocenters. The number of rotatable bonds is 6. The van der Waals surface area contributed by atoms with Gasteiger partial charge in [0.1, 0.15) is 6.61 Å². The van der Waals surface area contributed by atoms with E-state index in [2.05, 4.69) is 10.1 Å². The molecule has 18 heavy (non-hydrogen) atoms. The summed E-state index contributed by atoms with van der Waals surface area (Å²) in [5.41, 5.74) is 6.60. The topological polar surface area (TPSA) is 64.5 Å². The van der Waals surface area contributed by atoms with E-state index in [-0.39, 0.29) is 0 Å². The fraction of sp³-hybridized carbons (Fsp3) is 0.769. The van der Waals surface area contributed by atoms with Gasteiger partial charge in [-0.3, -0.25) is 4.90 Å². The minimum Gasteiger partial charge on any atom is -0.377 e. The number of aromatic nitrogens is 1. The average Bonchev–Trinajstić information content (AvgIpc) is 2.80. The zero-order valence-electron chi connectivity index (χ0n) is 11.1. The summed E-state index contributed by atoms with van der Waals surface area (Å²) in [6, 6.07) is 1.98. The monoisotopic (exact) mass is 253 g/mol. The second kappa shape index (κ2) is 6.87. The number of likely N-dealkylation sites (tertiary alicyclic amines) is 1. The van der Waals surface area contributed by atoms with E-state index in [1.165, 1.54) is 12.8 Å². The highest BCUT2D eigenvalue weighted by atomic mass is 16.5. The van der Waals surface area contributed by atoms with Crippen LogP contribution in [0.2, 0.25) is 0 Å². The van der Waals surface area contributed by atoms with Crippen molar-refractivity contribution < 1.29 is 9.26 Å². The molecule has 5 nitrogen and oxygen atoms in total. The molecule has 0 spiro atoms. The van der Waals surface area contributed by atoms with Crippen molar-refractivity contribution in [3.8, 4) is 0 Å². The molecule has 0 aliphatic carbocycles. The van der Waals surface area contributed by atoms with E-state index in [4.69, 9.17) is 15.0 Å². The number of methoxy groups -OCH3 is 1. The Morgan fingerprint density at radius 3 is 2.94 bits per heavy atom. The summed E-state index contributed by atoms with van der Waals surface area (Å²) < 4.78 is 10.2. The highest BCUT2D eigenvalue weighted by Gasteiger charge is 2.19. The third-order valence-corrected chi connectivity index (χ3v) is 3.56.